The SMILES string of the molecule is O=C(c1cn(-c2ccccc2)nn1)N(CC=Cc1ccccc1)C1CC1. The van der Waals surface area contributed by atoms with Crippen molar-refractivity contribution >= 4 is 12.0 Å². The van der Waals surface area contributed by atoms with E-state index in [1.807, 2.05) is 77.7 Å². The van der Waals surface area contributed by atoms with E-state index in [1.54, 1.807) is 10.9 Å². The fourth-order valence-electron chi connectivity index (χ4n) is 2.87. The average Bonchev–Trinajstić information content (AvgIpc) is 3.41. The van der Waals surface area contributed by atoms with Gasteiger partial charge in [0.05, 0.1) is 11.9 Å². The topological polar surface area (TPSA) is 51.0 Å². The third-order valence-electron chi connectivity index (χ3n) is 4.39. The van der Waals surface area contributed by atoms with Gasteiger partial charge in [0, 0.05) is 12.6 Å². The molecule has 1 heterocycles. The van der Waals surface area contributed by atoms with Gasteiger partial charge in [0.1, 0.15) is 0 Å². The van der Waals surface area contributed by atoms with Gasteiger partial charge < -0.3 is 4.90 Å². The summed E-state index contributed by atoms with van der Waals surface area (Å²) in [6, 6.07) is 20.1. The molecule has 0 atom stereocenters. The summed E-state index contributed by atoms with van der Waals surface area (Å²) in [6.45, 7) is 0.580. The van der Waals surface area contributed by atoms with Crippen LogP contribution in [0.1, 0.15) is 28.9 Å². The number of hydrogen-bond acceptors (Lipinski definition) is 3. The summed E-state index contributed by atoms with van der Waals surface area (Å²) < 4.78 is 1.64. The normalized spacial score (nSPS) is 13.8. The zero-order valence-electron chi connectivity index (χ0n) is 14.4. The van der Waals surface area contributed by atoms with Crippen molar-refractivity contribution in [2.45, 2.75) is 18.9 Å². The Kier molecular flexibility index (Phi) is 4.60. The first-order valence-electron chi connectivity index (χ1n) is 8.81. The summed E-state index contributed by atoms with van der Waals surface area (Å²) >= 11 is 0. The van der Waals surface area contributed by atoms with Crippen LogP contribution in [0.5, 0.6) is 0 Å². The van der Waals surface area contributed by atoms with Crippen molar-refractivity contribution < 1.29 is 4.79 Å². The smallest absolute Gasteiger partial charge is 0.276 e. The summed E-state index contributed by atoms with van der Waals surface area (Å²) in [5.41, 5.74) is 2.40. The summed E-state index contributed by atoms with van der Waals surface area (Å²) in [5.74, 6) is -0.0626. The molecule has 1 amide bonds. The molecular formula is C21H20N4O. The second-order valence-electron chi connectivity index (χ2n) is 6.39. The van der Waals surface area contributed by atoms with Gasteiger partial charge in [-0.05, 0) is 30.5 Å². The Bertz CT molecular complexity index is 898. The highest BCUT2D eigenvalue weighted by Gasteiger charge is 2.33. The van der Waals surface area contributed by atoms with Crippen molar-refractivity contribution in [2.75, 3.05) is 6.54 Å². The van der Waals surface area contributed by atoms with Crippen LogP contribution in [0, 0.1) is 0 Å². The Balaban J connectivity index is 1.48. The summed E-state index contributed by atoms with van der Waals surface area (Å²) in [4.78, 5) is 14.8. The quantitative estimate of drug-likeness (QED) is 0.687. The number of carbonyl (C=O) groups is 1. The van der Waals surface area contributed by atoms with Gasteiger partial charge in [-0.1, -0.05) is 65.9 Å². The first-order valence-corrected chi connectivity index (χ1v) is 8.81. The molecular weight excluding hydrogens is 324 g/mol. The molecule has 3 aromatic rings. The molecule has 5 heteroatoms. The first kappa shape index (κ1) is 16.3. The molecule has 0 saturated heterocycles. The van der Waals surface area contributed by atoms with Gasteiger partial charge >= 0.3 is 0 Å². The minimum absolute atomic E-state index is 0.0626. The third-order valence-corrected chi connectivity index (χ3v) is 4.39. The third kappa shape index (κ3) is 3.72. The largest absolute Gasteiger partial charge is 0.330 e. The van der Waals surface area contributed by atoms with E-state index in [2.05, 4.69) is 10.3 Å². The number of amides is 1. The Morgan fingerprint density at radius 3 is 2.46 bits per heavy atom. The molecule has 1 fully saturated rings. The van der Waals surface area contributed by atoms with E-state index in [1.165, 1.54) is 0 Å². The number of para-hydroxylation sites is 1. The fourth-order valence-corrected chi connectivity index (χ4v) is 2.87. The van der Waals surface area contributed by atoms with Gasteiger partial charge in [-0.15, -0.1) is 5.10 Å². The number of hydrogen-bond donors (Lipinski definition) is 0. The number of aromatic nitrogens is 3. The van der Waals surface area contributed by atoms with E-state index < -0.39 is 0 Å². The highest BCUT2D eigenvalue weighted by Crippen LogP contribution is 2.28. The van der Waals surface area contributed by atoms with Crippen LogP contribution in [-0.4, -0.2) is 38.4 Å². The number of nitrogens with zero attached hydrogens (tertiary/aromatic N) is 4. The van der Waals surface area contributed by atoms with Crippen molar-refractivity contribution in [3.05, 3.63) is 84.2 Å². The lowest BCUT2D eigenvalue weighted by atomic mass is 10.2. The Morgan fingerprint density at radius 1 is 1.08 bits per heavy atom. The van der Waals surface area contributed by atoms with Crippen LogP contribution in [0.25, 0.3) is 11.8 Å². The minimum Gasteiger partial charge on any atom is -0.330 e. The van der Waals surface area contributed by atoms with Gasteiger partial charge in [-0.2, -0.15) is 0 Å². The molecule has 130 valence electrons. The van der Waals surface area contributed by atoms with Crippen LogP contribution in [0.4, 0.5) is 0 Å². The zero-order chi connectivity index (χ0) is 17.8. The molecule has 1 aliphatic rings. The lowest BCUT2D eigenvalue weighted by Crippen LogP contribution is -2.33. The maximum Gasteiger partial charge on any atom is 0.276 e. The van der Waals surface area contributed by atoms with Crippen molar-refractivity contribution in [2.24, 2.45) is 0 Å². The van der Waals surface area contributed by atoms with E-state index in [0.29, 0.717) is 18.3 Å². The Morgan fingerprint density at radius 2 is 1.77 bits per heavy atom. The number of rotatable bonds is 6. The summed E-state index contributed by atoms with van der Waals surface area (Å²) in [7, 11) is 0. The highest BCUT2D eigenvalue weighted by atomic mass is 16.2. The molecule has 1 saturated carbocycles. The van der Waals surface area contributed by atoms with Crippen molar-refractivity contribution in [1.29, 1.82) is 0 Å². The number of carbonyl (C=O) groups excluding carboxylic acids is 1. The van der Waals surface area contributed by atoms with Crippen LogP contribution in [0.15, 0.2) is 72.9 Å². The second-order valence-corrected chi connectivity index (χ2v) is 6.39. The monoisotopic (exact) mass is 344 g/mol. The maximum absolute atomic E-state index is 12.9. The van der Waals surface area contributed by atoms with Gasteiger partial charge in [-0.25, -0.2) is 4.68 Å². The molecule has 26 heavy (non-hydrogen) atoms. The number of benzene rings is 2. The van der Waals surface area contributed by atoms with Gasteiger partial charge in [0.25, 0.3) is 5.91 Å². The zero-order valence-corrected chi connectivity index (χ0v) is 14.4. The Labute approximate surface area is 152 Å². The first-order chi connectivity index (χ1) is 12.8. The van der Waals surface area contributed by atoms with Gasteiger partial charge in [0.2, 0.25) is 0 Å². The van der Waals surface area contributed by atoms with Crippen molar-refractivity contribution in [3.8, 4) is 5.69 Å². The second kappa shape index (κ2) is 7.35. The van der Waals surface area contributed by atoms with Crippen molar-refractivity contribution in [1.82, 2.24) is 19.9 Å². The van der Waals surface area contributed by atoms with E-state index in [9.17, 15) is 4.79 Å². The predicted octanol–water partition coefficient (Wildman–Crippen LogP) is 3.59. The molecule has 0 spiro atoms. The lowest BCUT2D eigenvalue weighted by molar-refractivity contribution is 0.0757. The van der Waals surface area contributed by atoms with Crippen LogP contribution in [0.3, 0.4) is 0 Å². The molecule has 4 rings (SSSR count). The lowest BCUT2D eigenvalue weighted by Gasteiger charge is -2.19. The molecule has 0 bridgehead atoms. The summed E-state index contributed by atoms with van der Waals surface area (Å²) in [6.07, 6.45) is 7.89. The maximum atomic E-state index is 12.9. The molecule has 1 aromatic heterocycles. The van der Waals surface area contributed by atoms with Gasteiger partial charge in [0.15, 0.2) is 5.69 Å². The van der Waals surface area contributed by atoms with Crippen LogP contribution >= 0.6 is 0 Å². The predicted molar refractivity (Wildman–Crippen MR) is 101 cm³/mol. The van der Waals surface area contributed by atoms with Gasteiger partial charge in [-0.3, -0.25) is 4.79 Å². The standard InChI is InChI=1S/C21H20N4O/c26-21(20-16-25(23-22-20)19-11-5-2-6-12-19)24(18-13-14-18)15-7-10-17-8-3-1-4-9-17/h1-12,16,18H,13-15H2. The minimum atomic E-state index is -0.0626. The van der Waals surface area contributed by atoms with Crippen LogP contribution in [-0.2, 0) is 0 Å². The van der Waals surface area contributed by atoms with E-state index in [0.717, 1.165) is 24.1 Å². The van der Waals surface area contributed by atoms with E-state index in [4.69, 9.17) is 0 Å². The van der Waals surface area contributed by atoms with E-state index >= 15 is 0 Å². The van der Waals surface area contributed by atoms with Crippen molar-refractivity contribution in [3.63, 3.8) is 0 Å². The molecule has 0 N–H and O–H groups in total. The van der Waals surface area contributed by atoms with Crippen LogP contribution in [0.2, 0.25) is 0 Å². The highest BCUT2D eigenvalue weighted by molar-refractivity contribution is 5.92. The Hall–Kier alpha value is -3.21. The molecule has 0 unspecified atom stereocenters. The van der Waals surface area contributed by atoms with E-state index in [-0.39, 0.29) is 5.91 Å². The molecule has 0 radical (unpaired) electrons. The van der Waals surface area contributed by atoms with Crippen LogP contribution < -0.4 is 0 Å². The average molecular weight is 344 g/mol. The molecule has 2 aromatic carbocycles. The molecule has 5 nitrogen and oxygen atoms in total. The molecule has 1 aliphatic carbocycles. The fraction of sp³-hybridized carbons (Fsp3) is 0.190. The molecule has 0 aliphatic heterocycles. The summed E-state index contributed by atoms with van der Waals surface area (Å²) in [5, 5.41) is 8.19.